The van der Waals surface area contributed by atoms with E-state index in [2.05, 4.69) is 10.3 Å². The number of ether oxygens (including phenoxy) is 1. The SMILES string of the molecule is CCOC(=O)c1ccc(NC(=O)c2cc3cc(Cl)ccc3[nH]2)cc1. The van der Waals surface area contributed by atoms with Crippen molar-refractivity contribution in [2.45, 2.75) is 6.92 Å². The van der Waals surface area contributed by atoms with E-state index in [1.54, 1.807) is 49.4 Å². The Balaban J connectivity index is 1.74. The van der Waals surface area contributed by atoms with Gasteiger partial charge in [-0.3, -0.25) is 4.79 Å². The van der Waals surface area contributed by atoms with Gasteiger partial charge in [0.15, 0.2) is 0 Å². The zero-order valence-electron chi connectivity index (χ0n) is 12.9. The van der Waals surface area contributed by atoms with Gasteiger partial charge in [-0.2, -0.15) is 0 Å². The number of halogens is 1. The number of esters is 1. The van der Waals surface area contributed by atoms with Gasteiger partial charge in [0.05, 0.1) is 12.2 Å². The normalized spacial score (nSPS) is 10.6. The second kappa shape index (κ2) is 6.76. The number of fused-ring (bicyclic) bond motifs is 1. The van der Waals surface area contributed by atoms with E-state index in [1.807, 2.05) is 6.07 Å². The summed E-state index contributed by atoms with van der Waals surface area (Å²) in [6, 6.07) is 13.6. The van der Waals surface area contributed by atoms with Gasteiger partial charge in [-0.1, -0.05) is 11.6 Å². The molecule has 0 fully saturated rings. The van der Waals surface area contributed by atoms with E-state index in [1.165, 1.54) is 0 Å². The molecular formula is C18H15ClN2O3. The lowest BCUT2D eigenvalue weighted by molar-refractivity contribution is 0.0526. The minimum atomic E-state index is -0.386. The highest BCUT2D eigenvalue weighted by molar-refractivity contribution is 6.31. The monoisotopic (exact) mass is 342 g/mol. The van der Waals surface area contributed by atoms with Crippen LogP contribution >= 0.6 is 11.6 Å². The second-order valence-electron chi connectivity index (χ2n) is 5.17. The van der Waals surface area contributed by atoms with Crippen molar-refractivity contribution in [3.63, 3.8) is 0 Å². The van der Waals surface area contributed by atoms with Crippen molar-refractivity contribution in [3.8, 4) is 0 Å². The topological polar surface area (TPSA) is 71.2 Å². The number of H-pyrrole nitrogens is 1. The summed E-state index contributed by atoms with van der Waals surface area (Å²) in [5.41, 5.74) is 2.30. The van der Waals surface area contributed by atoms with Crippen LogP contribution in [-0.2, 0) is 4.74 Å². The maximum Gasteiger partial charge on any atom is 0.338 e. The van der Waals surface area contributed by atoms with Crippen molar-refractivity contribution in [2.75, 3.05) is 11.9 Å². The van der Waals surface area contributed by atoms with Gasteiger partial charge >= 0.3 is 5.97 Å². The fourth-order valence-corrected chi connectivity index (χ4v) is 2.51. The molecule has 0 aliphatic carbocycles. The van der Waals surface area contributed by atoms with Gasteiger partial charge < -0.3 is 15.0 Å². The molecule has 2 N–H and O–H groups in total. The Labute approximate surface area is 143 Å². The summed E-state index contributed by atoms with van der Waals surface area (Å²) in [5, 5.41) is 4.26. The first-order valence-electron chi connectivity index (χ1n) is 7.43. The van der Waals surface area contributed by atoms with E-state index < -0.39 is 0 Å². The third-order valence-corrected chi connectivity index (χ3v) is 3.72. The average Bonchev–Trinajstić information content (AvgIpc) is 2.99. The van der Waals surface area contributed by atoms with E-state index in [-0.39, 0.29) is 11.9 Å². The van der Waals surface area contributed by atoms with Crippen LogP contribution in [0.25, 0.3) is 10.9 Å². The van der Waals surface area contributed by atoms with Crippen LogP contribution in [-0.4, -0.2) is 23.5 Å². The summed E-state index contributed by atoms with van der Waals surface area (Å²) in [5.74, 6) is -0.658. The summed E-state index contributed by atoms with van der Waals surface area (Å²) >= 11 is 5.95. The Bertz CT molecular complexity index is 900. The third kappa shape index (κ3) is 3.41. The van der Waals surface area contributed by atoms with Crippen molar-refractivity contribution < 1.29 is 14.3 Å². The fourth-order valence-electron chi connectivity index (χ4n) is 2.33. The smallest absolute Gasteiger partial charge is 0.338 e. The molecule has 0 aliphatic rings. The molecule has 3 aromatic rings. The number of rotatable bonds is 4. The van der Waals surface area contributed by atoms with Gasteiger partial charge in [0.2, 0.25) is 0 Å². The first kappa shape index (κ1) is 16.1. The number of aromatic nitrogens is 1. The molecule has 1 heterocycles. The Hall–Kier alpha value is -2.79. The lowest BCUT2D eigenvalue weighted by atomic mass is 10.2. The first-order valence-corrected chi connectivity index (χ1v) is 7.81. The highest BCUT2D eigenvalue weighted by atomic mass is 35.5. The van der Waals surface area contributed by atoms with Gasteiger partial charge in [0.25, 0.3) is 5.91 Å². The quantitative estimate of drug-likeness (QED) is 0.696. The highest BCUT2D eigenvalue weighted by Gasteiger charge is 2.11. The van der Waals surface area contributed by atoms with Crippen molar-refractivity contribution in [1.29, 1.82) is 0 Å². The maximum absolute atomic E-state index is 12.3. The molecule has 1 aromatic heterocycles. The van der Waals surface area contributed by atoms with Crippen molar-refractivity contribution in [2.24, 2.45) is 0 Å². The first-order chi connectivity index (χ1) is 11.6. The molecule has 5 nitrogen and oxygen atoms in total. The molecular weight excluding hydrogens is 328 g/mol. The van der Waals surface area contributed by atoms with Crippen molar-refractivity contribution in [3.05, 3.63) is 64.8 Å². The average molecular weight is 343 g/mol. The minimum Gasteiger partial charge on any atom is -0.462 e. The zero-order chi connectivity index (χ0) is 17.1. The van der Waals surface area contributed by atoms with Crippen LogP contribution in [0.15, 0.2) is 48.5 Å². The van der Waals surface area contributed by atoms with Crippen LogP contribution in [0.2, 0.25) is 5.02 Å². The van der Waals surface area contributed by atoms with E-state index in [4.69, 9.17) is 16.3 Å². The van der Waals surface area contributed by atoms with Crippen LogP contribution in [0.5, 0.6) is 0 Å². The number of anilines is 1. The lowest BCUT2D eigenvalue weighted by Gasteiger charge is -2.05. The molecule has 2 aromatic carbocycles. The maximum atomic E-state index is 12.3. The van der Waals surface area contributed by atoms with Crippen LogP contribution in [0.1, 0.15) is 27.8 Å². The Morgan fingerprint density at radius 3 is 2.58 bits per heavy atom. The zero-order valence-corrected chi connectivity index (χ0v) is 13.7. The summed E-state index contributed by atoms with van der Waals surface area (Å²) in [7, 11) is 0. The van der Waals surface area contributed by atoms with Crippen LogP contribution < -0.4 is 5.32 Å². The Morgan fingerprint density at radius 1 is 1.12 bits per heavy atom. The number of carbonyl (C=O) groups excluding carboxylic acids is 2. The minimum absolute atomic E-state index is 0.272. The lowest BCUT2D eigenvalue weighted by Crippen LogP contribution is -2.12. The number of amides is 1. The molecule has 0 bridgehead atoms. The Morgan fingerprint density at radius 2 is 1.88 bits per heavy atom. The summed E-state index contributed by atoms with van der Waals surface area (Å²) in [4.78, 5) is 27.0. The van der Waals surface area contributed by atoms with E-state index in [9.17, 15) is 9.59 Å². The third-order valence-electron chi connectivity index (χ3n) is 3.48. The molecule has 0 radical (unpaired) electrons. The van der Waals surface area contributed by atoms with Gasteiger partial charge in [-0.25, -0.2) is 4.79 Å². The van der Waals surface area contributed by atoms with Gasteiger partial charge in [-0.15, -0.1) is 0 Å². The number of benzene rings is 2. The summed E-state index contributed by atoms with van der Waals surface area (Å²) < 4.78 is 4.92. The molecule has 0 aliphatic heterocycles. The molecule has 0 atom stereocenters. The standard InChI is InChI=1S/C18H15ClN2O3/c1-2-24-18(23)11-3-6-14(7-4-11)20-17(22)16-10-12-9-13(19)5-8-15(12)21-16/h3-10,21H,2H2,1H3,(H,20,22). The predicted molar refractivity (Wildman–Crippen MR) is 93.7 cm³/mol. The molecule has 3 rings (SSSR count). The number of hydrogen-bond acceptors (Lipinski definition) is 3. The van der Waals surface area contributed by atoms with Gasteiger partial charge in [-0.05, 0) is 55.5 Å². The number of nitrogens with one attached hydrogen (secondary N) is 2. The van der Waals surface area contributed by atoms with E-state index in [0.29, 0.717) is 28.6 Å². The van der Waals surface area contributed by atoms with E-state index in [0.717, 1.165) is 10.9 Å². The predicted octanol–water partition coefficient (Wildman–Crippen LogP) is 4.25. The van der Waals surface area contributed by atoms with Crippen molar-refractivity contribution in [1.82, 2.24) is 4.98 Å². The van der Waals surface area contributed by atoms with Crippen molar-refractivity contribution >= 4 is 40.1 Å². The summed E-state index contributed by atoms with van der Waals surface area (Å²) in [6.45, 7) is 2.07. The molecule has 1 amide bonds. The molecule has 24 heavy (non-hydrogen) atoms. The highest BCUT2D eigenvalue weighted by Crippen LogP contribution is 2.21. The van der Waals surface area contributed by atoms with Crippen LogP contribution in [0.3, 0.4) is 0 Å². The van der Waals surface area contributed by atoms with Crippen LogP contribution in [0.4, 0.5) is 5.69 Å². The molecule has 0 spiro atoms. The van der Waals surface area contributed by atoms with Crippen LogP contribution in [0, 0.1) is 0 Å². The van der Waals surface area contributed by atoms with Gasteiger partial charge in [0.1, 0.15) is 5.69 Å². The van der Waals surface area contributed by atoms with Gasteiger partial charge in [0, 0.05) is 21.6 Å². The number of hydrogen-bond donors (Lipinski definition) is 2. The molecule has 6 heteroatoms. The molecule has 0 unspecified atom stereocenters. The molecule has 0 saturated heterocycles. The number of aromatic amines is 1. The van der Waals surface area contributed by atoms with E-state index >= 15 is 0 Å². The largest absolute Gasteiger partial charge is 0.462 e. The molecule has 122 valence electrons. The fraction of sp³-hybridized carbons (Fsp3) is 0.111. The summed E-state index contributed by atoms with van der Waals surface area (Å²) in [6.07, 6.45) is 0. The Kier molecular flexibility index (Phi) is 4.53. The second-order valence-corrected chi connectivity index (χ2v) is 5.60. The molecule has 0 saturated carbocycles. The number of carbonyl (C=O) groups is 2.